The largest absolute Gasteiger partial charge is 0.467 e. The van der Waals surface area contributed by atoms with Gasteiger partial charge in [-0.1, -0.05) is 0 Å². The van der Waals surface area contributed by atoms with Gasteiger partial charge in [0.05, 0.1) is 12.3 Å². The van der Waals surface area contributed by atoms with Crippen LogP contribution in [0.25, 0.3) is 0 Å². The van der Waals surface area contributed by atoms with Gasteiger partial charge < -0.3 is 19.5 Å². The Morgan fingerprint density at radius 3 is 3.05 bits per heavy atom. The van der Waals surface area contributed by atoms with Crippen molar-refractivity contribution in [1.29, 1.82) is 0 Å². The van der Waals surface area contributed by atoms with Crippen molar-refractivity contribution in [2.45, 2.75) is 19.4 Å². The number of amides is 2. The predicted molar refractivity (Wildman–Crippen MR) is 73.9 cm³/mol. The summed E-state index contributed by atoms with van der Waals surface area (Å²) in [5, 5.41) is 2.98. The molecular formula is C14H23N3O2. The van der Waals surface area contributed by atoms with E-state index in [1.165, 1.54) is 0 Å². The van der Waals surface area contributed by atoms with E-state index in [-0.39, 0.29) is 12.1 Å². The first-order chi connectivity index (χ1) is 9.06. The number of nitrogens with one attached hydrogen (secondary N) is 1. The van der Waals surface area contributed by atoms with Crippen molar-refractivity contribution in [3.63, 3.8) is 0 Å². The monoisotopic (exact) mass is 265 g/mol. The van der Waals surface area contributed by atoms with E-state index < -0.39 is 0 Å². The normalized spacial score (nSPS) is 20.8. The molecule has 1 aliphatic heterocycles. The third-order valence-corrected chi connectivity index (χ3v) is 3.51. The van der Waals surface area contributed by atoms with Crippen LogP contribution in [0.3, 0.4) is 0 Å². The zero-order chi connectivity index (χ0) is 13.8. The lowest BCUT2D eigenvalue weighted by Gasteiger charge is -2.21. The van der Waals surface area contributed by atoms with E-state index in [2.05, 4.69) is 24.3 Å². The van der Waals surface area contributed by atoms with E-state index in [0.717, 1.165) is 31.8 Å². The van der Waals surface area contributed by atoms with Crippen LogP contribution in [0.15, 0.2) is 22.8 Å². The summed E-state index contributed by atoms with van der Waals surface area (Å²) < 4.78 is 5.29. The second kappa shape index (κ2) is 6.10. The van der Waals surface area contributed by atoms with Gasteiger partial charge in [0.25, 0.3) is 0 Å². The van der Waals surface area contributed by atoms with E-state index >= 15 is 0 Å². The molecule has 0 spiro atoms. The second-order valence-electron chi connectivity index (χ2n) is 5.55. The molecule has 1 N–H and O–H groups in total. The zero-order valence-corrected chi connectivity index (χ0v) is 11.9. The van der Waals surface area contributed by atoms with Gasteiger partial charge in [0.2, 0.25) is 0 Å². The molecule has 0 unspecified atom stereocenters. The van der Waals surface area contributed by atoms with Gasteiger partial charge in [-0.2, -0.15) is 0 Å². The van der Waals surface area contributed by atoms with Crippen molar-refractivity contribution in [3.05, 3.63) is 24.2 Å². The van der Waals surface area contributed by atoms with Crippen molar-refractivity contribution < 1.29 is 9.21 Å². The Bertz CT molecular complexity index is 403. The van der Waals surface area contributed by atoms with Crippen LogP contribution in [0.4, 0.5) is 4.79 Å². The van der Waals surface area contributed by atoms with Crippen LogP contribution in [0.5, 0.6) is 0 Å². The fraction of sp³-hybridized carbons (Fsp3) is 0.643. The smallest absolute Gasteiger partial charge is 0.317 e. The number of carbonyl (C=O) groups is 1. The number of furan rings is 1. The highest BCUT2D eigenvalue weighted by Crippen LogP contribution is 2.18. The highest BCUT2D eigenvalue weighted by atomic mass is 16.3. The number of likely N-dealkylation sites (tertiary alicyclic amines) is 1. The van der Waals surface area contributed by atoms with Crippen LogP contribution in [0, 0.1) is 5.92 Å². The minimum atomic E-state index is -0.0876. The van der Waals surface area contributed by atoms with Gasteiger partial charge >= 0.3 is 6.03 Å². The molecule has 2 atom stereocenters. The number of urea groups is 1. The Morgan fingerprint density at radius 2 is 2.42 bits per heavy atom. The summed E-state index contributed by atoms with van der Waals surface area (Å²) in [7, 11) is 4.14. The van der Waals surface area contributed by atoms with Crippen LogP contribution in [0.2, 0.25) is 0 Å². The molecule has 5 nitrogen and oxygen atoms in total. The molecule has 2 rings (SSSR count). The molecular weight excluding hydrogens is 242 g/mol. The average Bonchev–Trinajstić information content (AvgIpc) is 2.97. The molecule has 1 aromatic rings. The minimum absolute atomic E-state index is 0.00477. The lowest BCUT2D eigenvalue weighted by molar-refractivity contribution is 0.200. The van der Waals surface area contributed by atoms with E-state index in [4.69, 9.17) is 4.42 Å². The highest BCUT2D eigenvalue weighted by Gasteiger charge is 2.27. The van der Waals surface area contributed by atoms with E-state index in [1.54, 1.807) is 6.26 Å². The zero-order valence-electron chi connectivity index (χ0n) is 11.9. The summed E-state index contributed by atoms with van der Waals surface area (Å²) in [5.41, 5.74) is 0. The molecule has 5 heteroatoms. The maximum Gasteiger partial charge on any atom is 0.317 e. The number of carbonyl (C=O) groups excluding carboxylic acids is 1. The first-order valence-corrected chi connectivity index (χ1v) is 6.80. The molecule has 0 saturated carbocycles. The second-order valence-corrected chi connectivity index (χ2v) is 5.55. The Hall–Kier alpha value is -1.49. The SMILES string of the molecule is C[C@H](NC(=O)N1CC[C@H](CN(C)C)C1)c1ccco1. The van der Waals surface area contributed by atoms with E-state index in [0.29, 0.717) is 5.92 Å². The highest BCUT2D eigenvalue weighted by molar-refractivity contribution is 5.74. The minimum Gasteiger partial charge on any atom is -0.467 e. The topological polar surface area (TPSA) is 48.7 Å². The lowest BCUT2D eigenvalue weighted by Crippen LogP contribution is -2.40. The van der Waals surface area contributed by atoms with Crippen LogP contribution in [-0.2, 0) is 0 Å². The molecule has 0 radical (unpaired) electrons. The fourth-order valence-electron chi connectivity index (χ4n) is 2.57. The van der Waals surface area contributed by atoms with E-state index in [9.17, 15) is 4.79 Å². The predicted octanol–water partition coefficient (Wildman–Crippen LogP) is 1.93. The summed E-state index contributed by atoms with van der Waals surface area (Å²) in [6.07, 6.45) is 2.71. The first-order valence-electron chi connectivity index (χ1n) is 6.80. The van der Waals surface area contributed by atoms with Gasteiger partial charge in [-0.3, -0.25) is 0 Å². The molecule has 1 aromatic heterocycles. The average molecular weight is 265 g/mol. The third-order valence-electron chi connectivity index (χ3n) is 3.51. The van der Waals surface area contributed by atoms with Crippen molar-refractivity contribution in [1.82, 2.24) is 15.1 Å². The number of nitrogens with zero attached hydrogens (tertiary/aromatic N) is 2. The molecule has 0 aliphatic carbocycles. The van der Waals surface area contributed by atoms with Gasteiger partial charge in [0.1, 0.15) is 5.76 Å². The maximum atomic E-state index is 12.1. The number of hydrogen-bond acceptors (Lipinski definition) is 3. The summed E-state index contributed by atoms with van der Waals surface area (Å²) in [5.74, 6) is 1.37. The Morgan fingerprint density at radius 1 is 1.63 bits per heavy atom. The Kier molecular flexibility index (Phi) is 4.47. The van der Waals surface area contributed by atoms with Gasteiger partial charge in [-0.15, -0.1) is 0 Å². The first kappa shape index (κ1) is 13.9. The maximum absolute atomic E-state index is 12.1. The summed E-state index contributed by atoms with van der Waals surface area (Å²) in [6.45, 7) is 4.66. The molecule has 2 amide bonds. The van der Waals surface area contributed by atoms with Crippen LogP contribution in [-0.4, -0.2) is 49.6 Å². The van der Waals surface area contributed by atoms with Crippen molar-refractivity contribution in [2.24, 2.45) is 5.92 Å². The summed E-state index contributed by atoms with van der Waals surface area (Å²) >= 11 is 0. The molecule has 106 valence electrons. The van der Waals surface area contributed by atoms with Crippen molar-refractivity contribution in [2.75, 3.05) is 33.7 Å². The number of hydrogen-bond donors (Lipinski definition) is 1. The van der Waals surface area contributed by atoms with Crippen molar-refractivity contribution in [3.8, 4) is 0 Å². The van der Waals surface area contributed by atoms with Crippen LogP contribution < -0.4 is 5.32 Å². The quantitative estimate of drug-likeness (QED) is 0.905. The van der Waals surface area contributed by atoms with Crippen LogP contribution >= 0.6 is 0 Å². The summed E-state index contributed by atoms with van der Waals surface area (Å²) in [4.78, 5) is 16.2. The van der Waals surface area contributed by atoms with E-state index in [1.807, 2.05) is 24.0 Å². The molecule has 0 aromatic carbocycles. The molecule has 19 heavy (non-hydrogen) atoms. The van der Waals surface area contributed by atoms with Gasteiger partial charge in [-0.25, -0.2) is 4.79 Å². The molecule has 1 saturated heterocycles. The van der Waals surface area contributed by atoms with Gasteiger partial charge in [0, 0.05) is 19.6 Å². The standard InChI is InChI=1S/C14H23N3O2/c1-11(13-5-4-8-19-13)15-14(18)17-7-6-12(10-17)9-16(2)3/h4-5,8,11-12H,6-7,9-10H2,1-3H3,(H,15,18)/t11-,12+/m0/s1. The third kappa shape index (κ3) is 3.73. The fourth-order valence-corrected chi connectivity index (χ4v) is 2.57. The van der Waals surface area contributed by atoms with Gasteiger partial charge in [0.15, 0.2) is 0 Å². The Balaban J connectivity index is 1.81. The summed E-state index contributed by atoms with van der Waals surface area (Å²) in [6, 6.07) is 3.63. The van der Waals surface area contributed by atoms with Gasteiger partial charge in [-0.05, 0) is 45.5 Å². The lowest BCUT2D eigenvalue weighted by atomic mass is 10.1. The molecule has 1 aliphatic rings. The van der Waals surface area contributed by atoms with Crippen LogP contribution in [0.1, 0.15) is 25.1 Å². The molecule has 1 fully saturated rings. The number of rotatable bonds is 4. The molecule has 2 heterocycles. The van der Waals surface area contributed by atoms with Crippen molar-refractivity contribution >= 4 is 6.03 Å². The molecule has 0 bridgehead atoms. The Labute approximate surface area is 114 Å².